The van der Waals surface area contributed by atoms with E-state index in [0.29, 0.717) is 22.9 Å². The molecule has 0 saturated carbocycles. The summed E-state index contributed by atoms with van der Waals surface area (Å²) >= 11 is 0. The van der Waals surface area contributed by atoms with E-state index in [1.165, 1.54) is 16.9 Å². The van der Waals surface area contributed by atoms with Gasteiger partial charge in [-0.05, 0) is 37.3 Å². The van der Waals surface area contributed by atoms with Gasteiger partial charge >= 0.3 is 0 Å². The van der Waals surface area contributed by atoms with Gasteiger partial charge < -0.3 is 16.0 Å². The molecule has 10 heteroatoms. The van der Waals surface area contributed by atoms with Gasteiger partial charge in [-0.3, -0.25) is 19.7 Å². The lowest BCUT2D eigenvalue weighted by molar-refractivity contribution is -0.385. The van der Waals surface area contributed by atoms with Gasteiger partial charge in [-0.25, -0.2) is 4.68 Å². The lowest BCUT2D eigenvalue weighted by Gasteiger charge is -2.30. The fraction of sp³-hybridized carbons (Fsp3) is 0.0741. The summed E-state index contributed by atoms with van der Waals surface area (Å²) in [6.45, 7) is 1.69. The van der Waals surface area contributed by atoms with Crippen molar-refractivity contribution in [2.24, 2.45) is 0 Å². The maximum atomic E-state index is 13.5. The Bertz CT molecular complexity index is 1530. The second kappa shape index (κ2) is 9.78. The summed E-state index contributed by atoms with van der Waals surface area (Å²) in [7, 11) is 0. The summed E-state index contributed by atoms with van der Waals surface area (Å²) in [6.07, 6.45) is 1.38. The number of fused-ring (bicyclic) bond motifs is 1. The first-order chi connectivity index (χ1) is 17.9. The molecule has 0 unspecified atom stereocenters. The normalized spacial score (nSPS) is 14.4. The number of nitrogens with one attached hydrogen (secondary N) is 3. The summed E-state index contributed by atoms with van der Waals surface area (Å²) in [4.78, 5) is 38.1. The highest BCUT2D eigenvalue weighted by Gasteiger charge is 2.38. The van der Waals surface area contributed by atoms with Gasteiger partial charge in [-0.2, -0.15) is 5.10 Å². The zero-order valence-corrected chi connectivity index (χ0v) is 19.7. The van der Waals surface area contributed by atoms with Crippen LogP contribution in [-0.2, 0) is 4.79 Å². The van der Waals surface area contributed by atoms with E-state index in [4.69, 9.17) is 0 Å². The Balaban J connectivity index is 1.60. The highest BCUT2D eigenvalue weighted by molar-refractivity contribution is 6.09. The van der Waals surface area contributed by atoms with E-state index in [1.54, 1.807) is 73.7 Å². The van der Waals surface area contributed by atoms with Gasteiger partial charge in [0.2, 0.25) is 0 Å². The van der Waals surface area contributed by atoms with E-state index in [1.807, 2.05) is 12.1 Å². The van der Waals surface area contributed by atoms with Crippen LogP contribution in [-0.4, -0.2) is 26.5 Å². The van der Waals surface area contributed by atoms with Gasteiger partial charge in [-0.15, -0.1) is 0 Å². The van der Waals surface area contributed by atoms with Crippen LogP contribution in [0.25, 0.3) is 0 Å². The number of para-hydroxylation sites is 3. The molecule has 0 fully saturated rings. The number of hydrogen-bond acceptors (Lipinski definition) is 6. The number of hydrogen-bond donors (Lipinski definition) is 3. The maximum absolute atomic E-state index is 13.5. The van der Waals surface area contributed by atoms with Gasteiger partial charge in [0.1, 0.15) is 17.4 Å². The number of anilines is 3. The average Bonchev–Trinajstić information content (AvgIpc) is 3.32. The Morgan fingerprint density at radius 3 is 2.08 bits per heavy atom. The number of nitro groups is 1. The fourth-order valence-corrected chi connectivity index (χ4v) is 4.33. The van der Waals surface area contributed by atoms with E-state index in [-0.39, 0.29) is 22.4 Å². The highest BCUT2D eigenvalue weighted by atomic mass is 16.6. The smallest absolute Gasteiger partial charge is 0.275 e. The first-order valence-corrected chi connectivity index (χ1v) is 11.5. The quantitative estimate of drug-likeness (QED) is 0.256. The summed E-state index contributed by atoms with van der Waals surface area (Å²) in [5.74, 6) is -0.535. The summed E-state index contributed by atoms with van der Waals surface area (Å²) in [5.41, 5.74) is 2.20. The number of rotatable bonds is 6. The van der Waals surface area contributed by atoms with E-state index < -0.39 is 22.8 Å². The third kappa shape index (κ3) is 4.55. The SMILES string of the molecule is CC1=C(C(=O)Nc2ccccc2)[C@@H](c2ccccc2[N+](=O)[O-])n2ncc(C(=O)Nc3ccccc3)c2N1. The van der Waals surface area contributed by atoms with Crippen LogP contribution in [0.1, 0.15) is 28.9 Å². The van der Waals surface area contributed by atoms with Gasteiger partial charge in [0.05, 0.1) is 22.3 Å². The molecule has 4 aromatic rings. The molecule has 5 rings (SSSR count). The number of allylic oxidation sites excluding steroid dienone is 1. The van der Waals surface area contributed by atoms with Gasteiger partial charge in [-0.1, -0.05) is 48.5 Å². The Kier molecular flexibility index (Phi) is 6.21. The van der Waals surface area contributed by atoms with Crippen molar-refractivity contribution in [3.05, 3.63) is 124 Å². The van der Waals surface area contributed by atoms with Crippen molar-refractivity contribution in [3.63, 3.8) is 0 Å². The number of nitrogens with zero attached hydrogens (tertiary/aromatic N) is 3. The second-order valence-corrected chi connectivity index (χ2v) is 8.37. The topological polar surface area (TPSA) is 131 Å². The Labute approximate surface area is 211 Å². The van der Waals surface area contributed by atoms with Crippen molar-refractivity contribution < 1.29 is 14.5 Å². The van der Waals surface area contributed by atoms with Crippen molar-refractivity contribution in [2.45, 2.75) is 13.0 Å². The van der Waals surface area contributed by atoms with E-state index in [2.05, 4.69) is 21.0 Å². The molecule has 2 amide bonds. The van der Waals surface area contributed by atoms with Gasteiger partial charge in [0, 0.05) is 23.1 Å². The van der Waals surface area contributed by atoms with Gasteiger partial charge in [0.25, 0.3) is 17.5 Å². The van der Waals surface area contributed by atoms with Crippen LogP contribution in [0.2, 0.25) is 0 Å². The van der Waals surface area contributed by atoms with E-state index in [9.17, 15) is 19.7 Å². The fourth-order valence-electron chi connectivity index (χ4n) is 4.33. The zero-order chi connectivity index (χ0) is 25.9. The summed E-state index contributed by atoms with van der Waals surface area (Å²) < 4.78 is 1.44. The molecule has 3 N–H and O–H groups in total. The molecule has 1 atom stereocenters. The predicted octanol–water partition coefficient (Wildman–Crippen LogP) is 4.97. The molecule has 10 nitrogen and oxygen atoms in total. The molecule has 37 heavy (non-hydrogen) atoms. The molecule has 0 aliphatic carbocycles. The van der Waals surface area contributed by atoms with Crippen LogP contribution < -0.4 is 16.0 Å². The van der Waals surface area contributed by atoms with Gasteiger partial charge in [0.15, 0.2) is 0 Å². The lowest BCUT2D eigenvalue weighted by Crippen LogP contribution is -2.32. The molecule has 184 valence electrons. The van der Waals surface area contributed by atoms with Crippen LogP contribution >= 0.6 is 0 Å². The Morgan fingerprint density at radius 2 is 1.46 bits per heavy atom. The number of benzene rings is 3. The number of nitro benzene ring substituents is 1. The molecule has 0 spiro atoms. The summed E-state index contributed by atoms with van der Waals surface area (Å²) in [6, 6.07) is 23.1. The zero-order valence-electron chi connectivity index (χ0n) is 19.7. The number of aromatic nitrogens is 2. The monoisotopic (exact) mass is 494 g/mol. The minimum atomic E-state index is -0.958. The van der Waals surface area contributed by atoms with Crippen molar-refractivity contribution >= 4 is 34.7 Å². The molecule has 1 aliphatic heterocycles. The third-order valence-corrected chi connectivity index (χ3v) is 6.00. The van der Waals surface area contributed by atoms with Crippen LogP contribution in [0.3, 0.4) is 0 Å². The minimum Gasteiger partial charge on any atom is -0.343 e. The van der Waals surface area contributed by atoms with Crippen LogP contribution in [0.5, 0.6) is 0 Å². The molecule has 3 aromatic carbocycles. The second-order valence-electron chi connectivity index (χ2n) is 8.37. The van der Waals surface area contributed by atoms with Crippen molar-refractivity contribution in [2.75, 3.05) is 16.0 Å². The largest absolute Gasteiger partial charge is 0.343 e. The highest BCUT2D eigenvalue weighted by Crippen LogP contribution is 2.41. The van der Waals surface area contributed by atoms with Crippen molar-refractivity contribution in [3.8, 4) is 0 Å². The summed E-state index contributed by atoms with van der Waals surface area (Å²) in [5, 5.41) is 25.1. The molecule has 2 heterocycles. The van der Waals surface area contributed by atoms with Crippen LogP contribution in [0.4, 0.5) is 22.9 Å². The number of carbonyl (C=O) groups excluding carboxylic acids is 2. The Hall–Kier alpha value is -5.25. The average molecular weight is 495 g/mol. The molecule has 0 bridgehead atoms. The number of carbonyl (C=O) groups is 2. The minimum absolute atomic E-state index is 0.163. The molecular formula is C27H22N6O4. The van der Waals surface area contributed by atoms with E-state index in [0.717, 1.165) is 0 Å². The first kappa shape index (κ1) is 23.5. The molecule has 0 saturated heterocycles. The van der Waals surface area contributed by atoms with Crippen molar-refractivity contribution in [1.82, 2.24) is 9.78 Å². The van der Waals surface area contributed by atoms with Crippen molar-refractivity contribution in [1.29, 1.82) is 0 Å². The molecule has 0 radical (unpaired) electrons. The first-order valence-electron chi connectivity index (χ1n) is 11.5. The third-order valence-electron chi connectivity index (χ3n) is 6.00. The van der Waals surface area contributed by atoms with E-state index >= 15 is 0 Å². The van der Waals surface area contributed by atoms with Crippen LogP contribution in [0, 0.1) is 10.1 Å². The standard InChI is InChI=1S/C27H22N6O4/c1-17-23(27(35)31-19-12-6-3-7-13-19)24(20-14-8-9-15-22(20)33(36)37)32-25(29-17)21(16-28-32)26(34)30-18-10-4-2-5-11-18/h2-16,24,29H,1H3,(H,30,34)(H,31,35)/t24-/m1/s1. The molecular weight excluding hydrogens is 472 g/mol. The number of amides is 2. The molecule has 1 aromatic heterocycles. The van der Waals surface area contributed by atoms with Crippen LogP contribution in [0.15, 0.2) is 102 Å². The Morgan fingerprint density at radius 1 is 0.892 bits per heavy atom. The maximum Gasteiger partial charge on any atom is 0.275 e. The molecule has 1 aliphatic rings. The predicted molar refractivity (Wildman–Crippen MR) is 139 cm³/mol. The lowest BCUT2D eigenvalue weighted by atomic mass is 9.93.